The number of aromatic nitrogens is 2. The Morgan fingerprint density at radius 3 is 3.00 bits per heavy atom. The number of carbonyl (C=O) groups is 1. The number of ether oxygens (including phenoxy) is 1. The summed E-state index contributed by atoms with van der Waals surface area (Å²) in [6.45, 7) is 3.93. The van der Waals surface area contributed by atoms with E-state index in [1.165, 1.54) is 10.9 Å². The van der Waals surface area contributed by atoms with Crippen LogP contribution in [0.4, 0.5) is 4.39 Å². The summed E-state index contributed by atoms with van der Waals surface area (Å²) >= 11 is 0. The average Bonchev–Trinajstić information content (AvgIpc) is 2.46. The number of hydrogen-bond acceptors (Lipinski definition) is 4. The van der Waals surface area contributed by atoms with Crippen molar-refractivity contribution in [3.05, 3.63) is 18.0 Å². The Kier molecular flexibility index (Phi) is 3.79. The molecule has 0 fully saturated rings. The lowest BCUT2D eigenvalue weighted by atomic mass is 10.3. The van der Waals surface area contributed by atoms with E-state index in [4.69, 9.17) is 10.5 Å². The predicted molar refractivity (Wildman–Crippen MR) is 51.8 cm³/mol. The van der Waals surface area contributed by atoms with E-state index in [0.29, 0.717) is 6.54 Å². The Balaban J connectivity index is 2.93. The van der Waals surface area contributed by atoms with Crippen LogP contribution in [0, 0.1) is 5.95 Å². The van der Waals surface area contributed by atoms with E-state index >= 15 is 0 Å². The third kappa shape index (κ3) is 2.76. The molecule has 84 valence electrons. The summed E-state index contributed by atoms with van der Waals surface area (Å²) in [6, 6.07) is -0.188. The van der Waals surface area contributed by atoms with Crippen molar-refractivity contribution in [2.45, 2.75) is 26.4 Å². The normalized spacial score (nSPS) is 12.5. The number of imidazole rings is 1. The van der Waals surface area contributed by atoms with Gasteiger partial charge in [0.1, 0.15) is 0 Å². The Morgan fingerprint density at radius 1 is 1.80 bits per heavy atom. The molecule has 0 unspecified atom stereocenters. The molecular formula is C9H14FN3O2. The fraction of sp³-hybridized carbons (Fsp3) is 0.556. The highest BCUT2D eigenvalue weighted by molar-refractivity contribution is 5.87. The van der Waals surface area contributed by atoms with Gasteiger partial charge in [0.2, 0.25) is 5.95 Å². The Morgan fingerprint density at radius 2 is 2.47 bits per heavy atom. The number of nitrogens with zero attached hydrogens (tertiary/aromatic N) is 2. The van der Waals surface area contributed by atoms with Gasteiger partial charge in [0, 0.05) is 12.6 Å². The summed E-state index contributed by atoms with van der Waals surface area (Å²) in [7, 11) is 0. The molecule has 0 aliphatic heterocycles. The molecule has 0 radical (unpaired) electrons. The molecule has 6 heteroatoms. The van der Waals surface area contributed by atoms with Crippen molar-refractivity contribution >= 4 is 5.97 Å². The van der Waals surface area contributed by atoms with Gasteiger partial charge in [-0.25, -0.2) is 9.78 Å². The fourth-order valence-electron chi connectivity index (χ4n) is 1.21. The van der Waals surface area contributed by atoms with Gasteiger partial charge in [-0.05, 0) is 13.8 Å². The number of esters is 1. The first kappa shape index (κ1) is 11.6. The quantitative estimate of drug-likeness (QED) is 0.744. The first-order chi connectivity index (χ1) is 7.06. The van der Waals surface area contributed by atoms with Crippen molar-refractivity contribution in [3.8, 4) is 0 Å². The third-order valence-electron chi connectivity index (χ3n) is 1.75. The van der Waals surface area contributed by atoms with E-state index in [1.54, 1.807) is 13.8 Å². The van der Waals surface area contributed by atoms with E-state index in [2.05, 4.69) is 4.98 Å². The highest BCUT2D eigenvalue weighted by Gasteiger charge is 2.20. The Bertz CT molecular complexity index is 349. The lowest BCUT2D eigenvalue weighted by Gasteiger charge is -2.09. The van der Waals surface area contributed by atoms with Crippen molar-refractivity contribution in [2.24, 2.45) is 5.73 Å². The molecule has 0 amide bonds. The SMILES string of the molecule is CCOC(=O)c1c(F)ncn1C[C@@H](C)N. The largest absolute Gasteiger partial charge is 0.461 e. The molecule has 0 aliphatic carbocycles. The van der Waals surface area contributed by atoms with Crippen LogP contribution in [0.2, 0.25) is 0 Å². The van der Waals surface area contributed by atoms with Gasteiger partial charge < -0.3 is 15.0 Å². The van der Waals surface area contributed by atoms with Gasteiger partial charge in [-0.3, -0.25) is 0 Å². The highest BCUT2D eigenvalue weighted by atomic mass is 19.1. The molecule has 5 nitrogen and oxygen atoms in total. The summed E-state index contributed by atoms with van der Waals surface area (Å²) in [6.07, 6.45) is 1.24. The van der Waals surface area contributed by atoms with Crippen LogP contribution in [0.15, 0.2) is 6.33 Å². The van der Waals surface area contributed by atoms with E-state index in [0.717, 1.165) is 0 Å². The van der Waals surface area contributed by atoms with Gasteiger partial charge in [-0.1, -0.05) is 0 Å². The second kappa shape index (κ2) is 4.88. The maximum atomic E-state index is 13.2. The summed E-state index contributed by atoms with van der Waals surface area (Å²) in [5.74, 6) is -1.54. The first-order valence-corrected chi connectivity index (χ1v) is 4.69. The Hall–Kier alpha value is -1.43. The molecule has 1 atom stereocenters. The summed E-state index contributed by atoms with van der Waals surface area (Å²) in [5, 5.41) is 0. The number of rotatable bonds is 4. The Labute approximate surface area is 87.0 Å². The number of carbonyl (C=O) groups excluding carboxylic acids is 1. The van der Waals surface area contributed by atoms with Gasteiger partial charge >= 0.3 is 5.97 Å². The first-order valence-electron chi connectivity index (χ1n) is 4.69. The monoisotopic (exact) mass is 215 g/mol. The van der Waals surface area contributed by atoms with Gasteiger partial charge in [-0.2, -0.15) is 4.39 Å². The van der Waals surface area contributed by atoms with Crippen molar-refractivity contribution in [3.63, 3.8) is 0 Å². The minimum atomic E-state index is -0.825. The molecular weight excluding hydrogens is 201 g/mol. The minimum absolute atomic E-state index is 0.172. The molecule has 0 saturated heterocycles. The van der Waals surface area contributed by atoms with Crippen molar-refractivity contribution in [2.75, 3.05) is 6.61 Å². The lowest BCUT2D eigenvalue weighted by molar-refractivity contribution is 0.0507. The molecule has 1 rings (SSSR count). The van der Waals surface area contributed by atoms with Crippen LogP contribution in [0.25, 0.3) is 0 Å². The van der Waals surface area contributed by atoms with Crippen molar-refractivity contribution < 1.29 is 13.9 Å². The molecule has 1 aromatic heterocycles. The number of hydrogen-bond donors (Lipinski definition) is 1. The molecule has 2 N–H and O–H groups in total. The van der Waals surface area contributed by atoms with Crippen LogP contribution < -0.4 is 5.73 Å². The van der Waals surface area contributed by atoms with Gasteiger partial charge in [0.05, 0.1) is 12.9 Å². The summed E-state index contributed by atoms with van der Waals surface area (Å²) in [5.41, 5.74) is 5.38. The minimum Gasteiger partial charge on any atom is -0.461 e. The maximum Gasteiger partial charge on any atom is 0.359 e. The van der Waals surface area contributed by atoms with Gasteiger partial charge in [0.25, 0.3) is 0 Å². The highest BCUT2D eigenvalue weighted by Crippen LogP contribution is 2.08. The van der Waals surface area contributed by atoms with Crippen LogP contribution in [0.5, 0.6) is 0 Å². The smallest absolute Gasteiger partial charge is 0.359 e. The standard InChI is InChI=1S/C9H14FN3O2/c1-3-15-9(14)7-8(10)12-5-13(7)4-6(2)11/h5-6H,3-4,11H2,1-2H3/t6-/m1/s1. The molecule has 15 heavy (non-hydrogen) atoms. The zero-order chi connectivity index (χ0) is 11.4. The van der Waals surface area contributed by atoms with E-state index in [-0.39, 0.29) is 18.3 Å². The van der Waals surface area contributed by atoms with Crippen LogP contribution in [-0.2, 0) is 11.3 Å². The van der Waals surface area contributed by atoms with Crippen molar-refractivity contribution in [1.82, 2.24) is 9.55 Å². The lowest BCUT2D eigenvalue weighted by Crippen LogP contribution is -2.24. The second-order valence-corrected chi connectivity index (χ2v) is 3.23. The summed E-state index contributed by atoms with van der Waals surface area (Å²) in [4.78, 5) is 14.8. The maximum absolute atomic E-state index is 13.2. The summed E-state index contributed by atoms with van der Waals surface area (Å²) < 4.78 is 19.2. The third-order valence-corrected chi connectivity index (χ3v) is 1.75. The van der Waals surface area contributed by atoms with Crippen LogP contribution >= 0.6 is 0 Å². The molecule has 1 heterocycles. The molecule has 0 aliphatic rings. The van der Waals surface area contributed by atoms with E-state index < -0.39 is 11.9 Å². The molecule has 0 aromatic carbocycles. The van der Waals surface area contributed by atoms with Crippen LogP contribution in [-0.4, -0.2) is 28.2 Å². The average molecular weight is 215 g/mol. The van der Waals surface area contributed by atoms with Gasteiger partial charge in [-0.15, -0.1) is 0 Å². The molecule has 0 saturated carbocycles. The van der Waals surface area contributed by atoms with Gasteiger partial charge in [0.15, 0.2) is 5.69 Å². The molecule has 0 spiro atoms. The van der Waals surface area contributed by atoms with Crippen LogP contribution in [0.3, 0.4) is 0 Å². The zero-order valence-corrected chi connectivity index (χ0v) is 8.74. The van der Waals surface area contributed by atoms with E-state index in [9.17, 15) is 9.18 Å². The second-order valence-electron chi connectivity index (χ2n) is 3.23. The number of nitrogens with two attached hydrogens (primary N) is 1. The molecule has 1 aromatic rings. The fourth-order valence-corrected chi connectivity index (χ4v) is 1.21. The number of halogens is 1. The van der Waals surface area contributed by atoms with Crippen molar-refractivity contribution in [1.29, 1.82) is 0 Å². The predicted octanol–water partition coefficient (Wildman–Crippen LogP) is 0.546. The van der Waals surface area contributed by atoms with E-state index in [1.807, 2.05) is 0 Å². The zero-order valence-electron chi connectivity index (χ0n) is 8.74. The van der Waals surface area contributed by atoms with Crippen LogP contribution in [0.1, 0.15) is 24.3 Å². The molecule has 0 bridgehead atoms. The topological polar surface area (TPSA) is 70.1 Å².